The number of hydrogen-bond acceptors (Lipinski definition) is 5. The molecule has 0 bridgehead atoms. The zero-order valence-electron chi connectivity index (χ0n) is 15.8. The topological polar surface area (TPSA) is 116 Å². The number of aryl methyl sites for hydroxylation is 1. The molecule has 152 valence electrons. The van der Waals surface area contributed by atoms with E-state index in [1.807, 2.05) is 24.3 Å². The first kappa shape index (κ1) is 19.7. The maximum absolute atomic E-state index is 12.2. The molecule has 30 heavy (non-hydrogen) atoms. The molecular formula is C21H18ClN5O3. The van der Waals surface area contributed by atoms with Crippen molar-refractivity contribution in [2.75, 3.05) is 6.54 Å². The summed E-state index contributed by atoms with van der Waals surface area (Å²) in [6.45, 7) is 0.427. The first-order chi connectivity index (χ1) is 14.5. The van der Waals surface area contributed by atoms with Crippen LogP contribution in [0.2, 0.25) is 5.02 Å². The van der Waals surface area contributed by atoms with Crippen LogP contribution in [0.5, 0.6) is 5.88 Å². The van der Waals surface area contributed by atoms with Crippen LogP contribution in [0.25, 0.3) is 16.7 Å². The summed E-state index contributed by atoms with van der Waals surface area (Å²) in [7, 11) is 0. The second-order valence-electron chi connectivity index (χ2n) is 6.65. The molecule has 8 nitrogen and oxygen atoms in total. The molecule has 0 unspecified atom stereocenters. The number of fused-ring (bicyclic) bond motifs is 1. The highest BCUT2D eigenvalue weighted by Gasteiger charge is 2.14. The van der Waals surface area contributed by atoms with E-state index < -0.39 is 17.1 Å². The fourth-order valence-electron chi connectivity index (χ4n) is 3.10. The number of halogens is 1. The minimum atomic E-state index is -0.748. The van der Waals surface area contributed by atoms with Crippen molar-refractivity contribution in [3.63, 3.8) is 0 Å². The maximum atomic E-state index is 12.2. The second-order valence-corrected chi connectivity index (χ2v) is 7.08. The van der Waals surface area contributed by atoms with Gasteiger partial charge in [0.25, 0.3) is 5.56 Å². The number of nitrogens with one attached hydrogen (secondary N) is 2. The average molecular weight is 424 g/mol. The number of aromatic amines is 2. The van der Waals surface area contributed by atoms with Crippen LogP contribution in [0.15, 0.2) is 63.1 Å². The van der Waals surface area contributed by atoms with Gasteiger partial charge in [-0.3, -0.25) is 14.8 Å². The van der Waals surface area contributed by atoms with Crippen LogP contribution in [0, 0.1) is 0 Å². The quantitative estimate of drug-likeness (QED) is 0.326. The predicted molar refractivity (Wildman–Crippen MR) is 116 cm³/mol. The number of H-pyrrole nitrogens is 2. The van der Waals surface area contributed by atoms with E-state index in [0.29, 0.717) is 30.1 Å². The molecule has 4 aromatic rings. The van der Waals surface area contributed by atoms with Crippen molar-refractivity contribution in [3.8, 4) is 11.6 Å². The Balaban J connectivity index is 1.49. The molecule has 0 saturated carbocycles. The van der Waals surface area contributed by atoms with Crippen LogP contribution in [0.3, 0.4) is 0 Å². The molecule has 0 aliphatic rings. The molecule has 0 aliphatic heterocycles. The number of nitrogens with zero attached hydrogens (tertiary/aromatic N) is 3. The maximum Gasteiger partial charge on any atom is 0.335 e. The van der Waals surface area contributed by atoms with E-state index in [4.69, 9.17) is 11.6 Å². The monoisotopic (exact) mass is 423 g/mol. The zero-order valence-corrected chi connectivity index (χ0v) is 16.6. The largest absolute Gasteiger partial charge is 0.493 e. The molecule has 0 atom stereocenters. The lowest BCUT2D eigenvalue weighted by Crippen LogP contribution is -2.31. The van der Waals surface area contributed by atoms with Gasteiger partial charge < -0.3 is 10.1 Å². The SMILES string of the molecule is O=c1[nH]c(=O)n(-c2ccc(Cl)cc2)c(O)c1C=NCCCc1nc2ccccc2[nH]1. The van der Waals surface area contributed by atoms with Gasteiger partial charge >= 0.3 is 5.69 Å². The van der Waals surface area contributed by atoms with Crippen LogP contribution >= 0.6 is 11.6 Å². The van der Waals surface area contributed by atoms with Crippen LogP contribution in [-0.4, -0.2) is 37.4 Å². The van der Waals surface area contributed by atoms with E-state index in [1.165, 1.54) is 6.21 Å². The fourth-order valence-corrected chi connectivity index (χ4v) is 3.23. The summed E-state index contributed by atoms with van der Waals surface area (Å²) in [5, 5.41) is 11.0. The lowest BCUT2D eigenvalue weighted by Gasteiger charge is -2.09. The summed E-state index contributed by atoms with van der Waals surface area (Å²) in [5.74, 6) is 0.385. The van der Waals surface area contributed by atoms with Gasteiger partial charge in [0.2, 0.25) is 5.88 Å². The molecule has 2 heterocycles. The van der Waals surface area contributed by atoms with Crippen molar-refractivity contribution in [1.29, 1.82) is 0 Å². The van der Waals surface area contributed by atoms with Gasteiger partial charge in [-0.25, -0.2) is 14.3 Å². The third kappa shape index (κ3) is 4.04. The van der Waals surface area contributed by atoms with Gasteiger partial charge in [-0.05, 0) is 42.8 Å². The van der Waals surface area contributed by atoms with Crippen molar-refractivity contribution in [3.05, 3.63) is 85.8 Å². The van der Waals surface area contributed by atoms with Crippen molar-refractivity contribution in [2.45, 2.75) is 12.8 Å². The van der Waals surface area contributed by atoms with Crippen LogP contribution in [0.1, 0.15) is 17.8 Å². The number of para-hydroxylation sites is 2. The van der Waals surface area contributed by atoms with Crippen LogP contribution in [-0.2, 0) is 6.42 Å². The van der Waals surface area contributed by atoms with E-state index >= 15 is 0 Å². The lowest BCUT2D eigenvalue weighted by atomic mass is 10.2. The molecule has 0 saturated heterocycles. The van der Waals surface area contributed by atoms with Crippen molar-refractivity contribution < 1.29 is 5.11 Å². The molecule has 2 aromatic carbocycles. The molecule has 3 N–H and O–H groups in total. The molecule has 2 aromatic heterocycles. The Kier molecular flexibility index (Phi) is 5.49. The lowest BCUT2D eigenvalue weighted by molar-refractivity contribution is 0.430. The molecule has 0 fully saturated rings. The third-order valence-electron chi connectivity index (χ3n) is 4.57. The molecule has 4 rings (SSSR count). The van der Waals surface area contributed by atoms with E-state index in [1.54, 1.807) is 24.3 Å². The Hall–Kier alpha value is -3.65. The molecule has 0 aliphatic carbocycles. The molecule has 0 amide bonds. The van der Waals surface area contributed by atoms with Gasteiger partial charge in [0.05, 0.1) is 16.7 Å². The van der Waals surface area contributed by atoms with Gasteiger partial charge in [0.15, 0.2) is 0 Å². The van der Waals surface area contributed by atoms with Gasteiger partial charge in [-0.1, -0.05) is 23.7 Å². The van der Waals surface area contributed by atoms with Gasteiger partial charge in [0, 0.05) is 24.2 Å². The normalized spacial score (nSPS) is 11.5. The smallest absolute Gasteiger partial charge is 0.335 e. The Morgan fingerprint density at radius 2 is 1.87 bits per heavy atom. The minimum Gasteiger partial charge on any atom is -0.493 e. The number of benzene rings is 2. The van der Waals surface area contributed by atoms with E-state index in [2.05, 4.69) is 19.9 Å². The summed E-state index contributed by atoms with van der Waals surface area (Å²) in [5.41, 5.74) is 0.727. The summed E-state index contributed by atoms with van der Waals surface area (Å²) < 4.78 is 0.994. The number of aromatic nitrogens is 4. The number of imidazole rings is 1. The number of rotatable bonds is 6. The Morgan fingerprint density at radius 3 is 2.63 bits per heavy atom. The summed E-state index contributed by atoms with van der Waals surface area (Å²) in [6, 6.07) is 14.1. The molecule has 0 spiro atoms. The van der Waals surface area contributed by atoms with Crippen molar-refractivity contribution >= 4 is 28.8 Å². The predicted octanol–water partition coefficient (Wildman–Crippen LogP) is 2.81. The molecular weight excluding hydrogens is 406 g/mol. The zero-order chi connectivity index (χ0) is 21.1. The highest BCUT2D eigenvalue weighted by atomic mass is 35.5. The van der Waals surface area contributed by atoms with Gasteiger partial charge in [0.1, 0.15) is 11.4 Å². The van der Waals surface area contributed by atoms with Crippen molar-refractivity contribution in [1.82, 2.24) is 19.5 Å². The Bertz CT molecular complexity index is 1300. The van der Waals surface area contributed by atoms with Crippen molar-refractivity contribution in [2.24, 2.45) is 4.99 Å². The second kappa shape index (κ2) is 8.38. The Morgan fingerprint density at radius 1 is 1.10 bits per heavy atom. The van der Waals surface area contributed by atoms with Crippen LogP contribution < -0.4 is 11.2 Å². The first-order valence-corrected chi connectivity index (χ1v) is 9.68. The minimum absolute atomic E-state index is 0.0895. The molecule has 0 radical (unpaired) electrons. The van der Waals surface area contributed by atoms with Crippen LogP contribution in [0.4, 0.5) is 0 Å². The number of aromatic hydroxyl groups is 1. The van der Waals surface area contributed by atoms with Gasteiger partial charge in [-0.2, -0.15) is 0 Å². The average Bonchev–Trinajstić information content (AvgIpc) is 3.14. The van der Waals surface area contributed by atoms with E-state index in [9.17, 15) is 14.7 Å². The standard InChI is InChI=1S/C21H18ClN5O3/c22-13-7-9-14(10-8-13)27-20(29)15(19(28)26-21(27)30)12-23-11-3-6-18-24-16-4-1-2-5-17(16)25-18/h1-2,4-5,7-10,12,29H,3,6,11H2,(H,24,25)(H,26,28,30). The Labute approximate surface area is 175 Å². The van der Waals surface area contributed by atoms with Gasteiger partial charge in [-0.15, -0.1) is 0 Å². The summed E-state index contributed by atoms with van der Waals surface area (Å²) in [4.78, 5) is 38.5. The summed E-state index contributed by atoms with van der Waals surface area (Å²) in [6.07, 6.45) is 2.67. The number of aliphatic imine (C=N–C) groups is 1. The fraction of sp³-hybridized carbons (Fsp3) is 0.143. The third-order valence-corrected chi connectivity index (χ3v) is 4.82. The number of hydrogen-bond donors (Lipinski definition) is 3. The highest BCUT2D eigenvalue weighted by molar-refractivity contribution is 6.30. The van der Waals surface area contributed by atoms with E-state index in [0.717, 1.165) is 21.4 Å². The molecule has 9 heteroatoms. The highest BCUT2D eigenvalue weighted by Crippen LogP contribution is 2.17. The van der Waals surface area contributed by atoms with E-state index in [-0.39, 0.29) is 5.56 Å². The summed E-state index contributed by atoms with van der Waals surface area (Å²) >= 11 is 5.87. The first-order valence-electron chi connectivity index (χ1n) is 9.30.